The molecule has 2 bridgehead atoms. The van der Waals surface area contributed by atoms with E-state index in [0.717, 1.165) is 25.0 Å². The Kier molecular flexibility index (Phi) is 27.8. The molecular weight excluding hydrogens is 1110 g/mol. The van der Waals surface area contributed by atoms with Gasteiger partial charge < -0.3 is 88.9 Å². The van der Waals surface area contributed by atoms with Crippen molar-refractivity contribution in [3.8, 4) is 0 Å². The molecule has 5 heterocycles. The number of unbranched alkanes of at least 4 members (excludes halogenated alkanes) is 1. The third kappa shape index (κ3) is 23.7. The number of thioether (sulfide) groups is 1. The fourth-order valence-corrected chi connectivity index (χ4v) is 10.6. The molecule has 2 saturated heterocycles. The standard InChI is InChI=1S/C50H79N17O15S/c1-28(2)17-32-46(75)61-35(20-39(51)69)48(77)62-36(24-68)49(78)60-33(18-29-21-53-27-56-29)45(74)55-22-41(71)57-31(44(52)73)7-5-6-11-67-23-30(65-66-67)19-34(47(76)59-32)58-42(72)25-82-16-15-81-14-13-80-12-10-54-40(70)9-4-3-8-38-43-37(26-83-38)63-50(79)64-43/h21,23,27-28,31-38,43,68H,3-20,22,24-26H2,1-2H3,(H2,51,69)(H2,52,73)(H,53,56)(H,54,70)(H,55,74)(H,57,71)(H,58,72)(H,59,76)(H,60,78)(H,61,75)(H,62,77)(H2,63,64,79)/t31-,32+,33+,34-,35+,36+,37+,38+,43+/m0/s1. The lowest BCUT2D eigenvalue weighted by atomic mass is 10.0. The Morgan fingerprint density at radius 1 is 0.807 bits per heavy atom. The summed E-state index contributed by atoms with van der Waals surface area (Å²) in [5.41, 5.74) is 11.6. The number of carbonyl (C=O) groups excluding carboxylic acids is 11. The number of aliphatic hydroxyl groups excluding tert-OH is 1. The van der Waals surface area contributed by atoms with Crippen LogP contribution in [0.4, 0.5) is 4.79 Å². The number of rotatable bonds is 25. The van der Waals surface area contributed by atoms with Crippen molar-refractivity contribution >= 4 is 76.9 Å². The van der Waals surface area contributed by atoms with Crippen LogP contribution in [0.1, 0.15) is 83.0 Å². The number of aliphatic hydroxyl groups is 1. The third-order valence-electron chi connectivity index (χ3n) is 13.3. The number of nitrogens with one attached hydrogen (secondary N) is 11. The number of aromatic nitrogens is 5. The molecule has 9 atom stereocenters. The van der Waals surface area contributed by atoms with Crippen molar-refractivity contribution in [2.75, 3.05) is 65.1 Å². The van der Waals surface area contributed by atoms with E-state index in [4.69, 9.17) is 25.7 Å². The summed E-state index contributed by atoms with van der Waals surface area (Å²) in [6.45, 7) is 2.65. The number of ether oxygens (including phenoxy) is 3. The number of aromatic amines is 1. The lowest BCUT2D eigenvalue weighted by molar-refractivity contribution is -0.137. The van der Waals surface area contributed by atoms with E-state index >= 15 is 0 Å². The Balaban J connectivity index is 1.17. The monoisotopic (exact) mass is 1190 g/mol. The predicted molar refractivity (Wildman–Crippen MR) is 293 cm³/mol. The Bertz CT molecular complexity index is 2500. The zero-order chi connectivity index (χ0) is 60.3. The van der Waals surface area contributed by atoms with Crippen molar-refractivity contribution in [2.24, 2.45) is 17.4 Å². The van der Waals surface area contributed by atoms with Crippen molar-refractivity contribution in [2.45, 2.75) is 145 Å². The second kappa shape index (κ2) is 34.8. The highest BCUT2D eigenvalue weighted by Crippen LogP contribution is 2.33. The summed E-state index contributed by atoms with van der Waals surface area (Å²) in [5.74, 6) is -7.82. The normalized spacial score (nSPS) is 24.3. The lowest BCUT2D eigenvalue weighted by Crippen LogP contribution is -2.60. The van der Waals surface area contributed by atoms with E-state index < -0.39 is 116 Å². The lowest BCUT2D eigenvalue weighted by Gasteiger charge is -2.27. The van der Waals surface area contributed by atoms with Gasteiger partial charge in [-0.1, -0.05) is 25.5 Å². The molecule has 2 fully saturated rings. The van der Waals surface area contributed by atoms with Gasteiger partial charge in [-0.3, -0.25) is 52.6 Å². The molecule has 3 aliphatic heterocycles. The molecule has 0 radical (unpaired) electrons. The summed E-state index contributed by atoms with van der Waals surface area (Å²) in [5, 5.41) is 44.8. The zero-order valence-electron chi connectivity index (χ0n) is 46.6. The molecule has 32 nitrogen and oxygen atoms in total. The highest BCUT2D eigenvalue weighted by molar-refractivity contribution is 8.00. The number of hydrogen-bond acceptors (Lipinski definition) is 19. The maximum atomic E-state index is 14.2. The minimum atomic E-state index is -1.78. The van der Waals surface area contributed by atoms with Crippen LogP contribution in [0.2, 0.25) is 0 Å². The number of H-pyrrole nitrogens is 1. The molecule has 0 unspecified atom stereocenters. The molecule has 0 aromatic carbocycles. The smallest absolute Gasteiger partial charge is 0.315 e. The average molecular weight is 1190 g/mol. The van der Waals surface area contributed by atoms with Crippen LogP contribution in [0.15, 0.2) is 18.7 Å². The van der Waals surface area contributed by atoms with Gasteiger partial charge in [0.05, 0.1) is 82.4 Å². The van der Waals surface area contributed by atoms with E-state index in [1.807, 2.05) is 11.8 Å². The molecule has 0 aliphatic carbocycles. The maximum absolute atomic E-state index is 14.2. The minimum absolute atomic E-state index is 0.0168. The first-order chi connectivity index (χ1) is 39.8. The third-order valence-corrected chi connectivity index (χ3v) is 14.8. The molecule has 3 aliphatic rings. The summed E-state index contributed by atoms with van der Waals surface area (Å²) < 4.78 is 18.1. The Morgan fingerprint density at radius 3 is 2.22 bits per heavy atom. The van der Waals surface area contributed by atoms with Crippen molar-refractivity contribution in [3.63, 3.8) is 0 Å². The number of nitrogens with two attached hydrogens (primary N) is 2. The van der Waals surface area contributed by atoms with Crippen LogP contribution in [0.3, 0.4) is 0 Å². The summed E-state index contributed by atoms with van der Waals surface area (Å²) in [6, 6.07) is -8.73. The van der Waals surface area contributed by atoms with Gasteiger partial charge in [0.15, 0.2) is 0 Å². The highest BCUT2D eigenvalue weighted by Gasteiger charge is 2.42. The second-order valence-corrected chi connectivity index (χ2v) is 21.8. The van der Waals surface area contributed by atoms with Crippen LogP contribution in [-0.2, 0) is 81.5 Å². The Morgan fingerprint density at radius 2 is 1.51 bits per heavy atom. The topological polar surface area (TPSA) is 467 Å². The average Bonchev–Trinajstić information content (AvgIpc) is 4.34. The van der Waals surface area contributed by atoms with Gasteiger partial charge in [0, 0.05) is 55.7 Å². The van der Waals surface area contributed by atoms with Crippen molar-refractivity contribution in [1.29, 1.82) is 0 Å². The number of hydrogen-bond donors (Lipinski definition) is 14. The van der Waals surface area contributed by atoms with E-state index in [-0.39, 0.29) is 101 Å². The van der Waals surface area contributed by atoms with Gasteiger partial charge in [0.2, 0.25) is 59.1 Å². The highest BCUT2D eigenvalue weighted by atomic mass is 32.2. The van der Waals surface area contributed by atoms with Gasteiger partial charge in [-0.15, -0.1) is 5.10 Å². The van der Waals surface area contributed by atoms with Crippen molar-refractivity contribution < 1.29 is 72.1 Å². The number of amides is 12. The summed E-state index contributed by atoms with van der Waals surface area (Å²) in [7, 11) is 0. The van der Waals surface area contributed by atoms with Crippen LogP contribution in [0.25, 0.3) is 0 Å². The van der Waals surface area contributed by atoms with Gasteiger partial charge in [-0.2, -0.15) is 11.8 Å². The maximum Gasteiger partial charge on any atom is 0.315 e. The summed E-state index contributed by atoms with van der Waals surface area (Å²) >= 11 is 1.84. The molecule has 2 aromatic heterocycles. The van der Waals surface area contributed by atoms with E-state index in [2.05, 4.69) is 73.4 Å². The van der Waals surface area contributed by atoms with E-state index in [1.54, 1.807) is 13.8 Å². The number of fused-ring (bicyclic) bond motifs is 3. The number of aryl methyl sites for hydroxylation is 1. The molecular formula is C50H79N17O15S. The van der Waals surface area contributed by atoms with Crippen molar-refractivity contribution in [1.82, 2.24) is 78.1 Å². The van der Waals surface area contributed by atoms with Crippen LogP contribution in [-0.4, -0.2) is 214 Å². The fourth-order valence-electron chi connectivity index (χ4n) is 9.09. The predicted octanol–water partition coefficient (Wildman–Crippen LogP) is -5.71. The van der Waals surface area contributed by atoms with Gasteiger partial charge in [0.1, 0.15) is 42.9 Å². The largest absolute Gasteiger partial charge is 0.394 e. The summed E-state index contributed by atoms with van der Waals surface area (Å²) in [6.07, 6.45) is 6.76. The first kappa shape index (κ1) is 66.3. The molecule has 5 rings (SSSR count). The van der Waals surface area contributed by atoms with Crippen LogP contribution < -0.4 is 64.6 Å². The van der Waals surface area contributed by atoms with E-state index in [0.29, 0.717) is 36.8 Å². The van der Waals surface area contributed by atoms with Crippen LogP contribution in [0.5, 0.6) is 0 Å². The SMILES string of the molecule is CC(C)C[C@H]1NC(=O)[C@@H](NC(=O)COCCOCCOCCNC(=O)CCCC[C@H]2SC[C@H]3NC(=O)N[C@H]32)Cc2cn(nn2)CCCC[C@@H](C(N)=O)NC(=O)CNC(=O)[C@@H](Cc2c[nH]cn2)NC(=O)[C@@H](CO)NC(=O)[C@@H](CC(N)=O)NC1=O. The number of urea groups is 1. The quantitative estimate of drug-likeness (QED) is 0.0325. The number of primary amides is 2. The molecule has 16 N–H and O–H groups in total. The van der Waals surface area contributed by atoms with Gasteiger partial charge >= 0.3 is 6.03 Å². The number of carbonyl (C=O) groups is 11. The summed E-state index contributed by atoms with van der Waals surface area (Å²) in [4.78, 5) is 151. The molecule has 0 spiro atoms. The van der Waals surface area contributed by atoms with E-state index in [1.165, 1.54) is 23.4 Å². The Hall–Kier alpha value is -7.49. The first-order valence-corrected chi connectivity index (χ1v) is 28.6. The Labute approximate surface area is 482 Å². The minimum Gasteiger partial charge on any atom is -0.394 e. The van der Waals surface area contributed by atoms with E-state index in [9.17, 15) is 57.8 Å². The van der Waals surface area contributed by atoms with Gasteiger partial charge in [-0.25, -0.2) is 9.78 Å². The van der Waals surface area contributed by atoms with Gasteiger partial charge in [-0.05, 0) is 44.4 Å². The number of nitrogens with zero attached hydrogens (tertiary/aromatic N) is 4. The van der Waals surface area contributed by atoms with Crippen LogP contribution >= 0.6 is 11.8 Å². The van der Waals surface area contributed by atoms with Gasteiger partial charge in [0.25, 0.3) is 0 Å². The first-order valence-electron chi connectivity index (χ1n) is 27.6. The fraction of sp³-hybridized carbons (Fsp3) is 0.680. The molecule has 33 heteroatoms. The molecule has 12 amide bonds. The second-order valence-electron chi connectivity index (χ2n) is 20.5. The molecule has 2 aromatic rings. The zero-order valence-corrected chi connectivity index (χ0v) is 47.4. The molecule has 0 saturated carbocycles. The van der Waals surface area contributed by atoms with Crippen molar-refractivity contribution in [3.05, 3.63) is 30.1 Å². The number of imidazole rings is 1. The van der Waals surface area contributed by atoms with Crippen LogP contribution in [0, 0.1) is 5.92 Å². The molecule has 460 valence electrons. The molecule has 83 heavy (non-hydrogen) atoms.